The minimum absolute atomic E-state index is 0.0201. The van der Waals surface area contributed by atoms with Gasteiger partial charge >= 0.3 is 0 Å². The molecule has 0 unspecified atom stereocenters. The van der Waals surface area contributed by atoms with E-state index in [-0.39, 0.29) is 12.5 Å². The predicted molar refractivity (Wildman–Crippen MR) is 72.7 cm³/mol. The molecule has 0 atom stereocenters. The second-order valence-electron chi connectivity index (χ2n) is 5.08. The van der Waals surface area contributed by atoms with Crippen molar-refractivity contribution in [3.05, 3.63) is 21.4 Å². The summed E-state index contributed by atoms with van der Waals surface area (Å²) >= 11 is 1.38. The Morgan fingerprint density at radius 3 is 2.94 bits per heavy atom. The number of hydrogen-bond donors (Lipinski definition) is 2. The third kappa shape index (κ3) is 3.12. The molecule has 0 radical (unpaired) electrons. The lowest BCUT2D eigenvalue weighted by atomic mass is 10.1. The van der Waals surface area contributed by atoms with Gasteiger partial charge in [-0.2, -0.15) is 0 Å². The molecule has 3 nitrogen and oxygen atoms in total. The van der Waals surface area contributed by atoms with Crippen LogP contribution in [0.25, 0.3) is 0 Å². The maximum Gasteiger partial charge on any atom is 0.261 e. The van der Waals surface area contributed by atoms with Gasteiger partial charge in [0, 0.05) is 6.54 Å². The first-order valence-corrected chi connectivity index (χ1v) is 6.84. The lowest BCUT2D eigenvalue weighted by molar-refractivity contribution is 0.0950. The van der Waals surface area contributed by atoms with E-state index in [0.717, 1.165) is 17.0 Å². The summed E-state index contributed by atoms with van der Waals surface area (Å²) in [7, 11) is 0. The number of rotatable bonds is 3. The van der Waals surface area contributed by atoms with Crippen molar-refractivity contribution >= 4 is 17.2 Å². The first-order valence-electron chi connectivity index (χ1n) is 6.02. The highest BCUT2D eigenvalue weighted by atomic mass is 32.1. The molecule has 0 saturated heterocycles. The number of carbonyl (C=O) groups excluding carboxylic acids is 1. The third-order valence-electron chi connectivity index (χ3n) is 3.20. The van der Waals surface area contributed by atoms with Crippen molar-refractivity contribution in [3.63, 3.8) is 0 Å². The average Bonchev–Trinajstić information content (AvgIpc) is 2.96. The number of thiophene rings is 1. The Labute approximate surface area is 111 Å². The predicted octanol–water partition coefficient (Wildman–Crippen LogP) is 1.93. The monoisotopic (exact) mass is 263 g/mol. The van der Waals surface area contributed by atoms with Crippen LogP contribution in [0.1, 0.15) is 39.9 Å². The Kier molecular flexibility index (Phi) is 3.74. The van der Waals surface area contributed by atoms with E-state index >= 15 is 0 Å². The second-order valence-corrected chi connectivity index (χ2v) is 6.13. The van der Waals surface area contributed by atoms with Crippen LogP contribution in [0.15, 0.2) is 6.07 Å². The molecule has 1 saturated carbocycles. The molecule has 4 heteroatoms. The first-order chi connectivity index (χ1) is 8.54. The third-order valence-corrected chi connectivity index (χ3v) is 4.35. The summed E-state index contributed by atoms with van der Waals surface area (Å²) in [4.78, 5) is 13.5. The van der Waals surface area contributed by atoms with Crippen molar-refractivity contribution in [1.29, 1.82) is 0 Å². The van der Waals surface area contributed by atoms with Gasteiger partial charge in [-0.05, 0) is 36.8 Å². The molecule has 0 aromatic carbocycles. The van der Waals surface area contributed by atoms with Crippen molar-refractivity contribution < 1.29 is 9.90 Å². The second kappa shape index (κ2) is 5.13. The van der Waals surface area contributed by atoms with Gasteiger partial charge in [0.15, 0.2) is 0 Å². The smallest absolute Gasteiger partial charge is 0.261 e. The highest BCUT2D eigenvalue weighted by Gasteiger charge is 2.37. The summed E-state index contributed by atoms with van der Waals surface area (Å²) in [6, 6.07) is 1.86. The fraction of sp³-hybridized carbons (Fsp3) is 0.500. The number of hydrogen-bond acceptors (Lipinski definition) is 3. The number of aliphatic hydroxyl groups is 1. The number of aliphatic hydroxyl groups excluding tert-OH is 1. The van der Waals surface area contributed by atoms with E-state index in [0.29, 0.717) is 10.3 Å². The minimum atomic E-state index is -0.156. The van der Waals surface area contributed by atoms with Crippen LogP contribution in [0, 0.1) is 24.2 Å². The van der Waals surface area contributed by atoms with E-state index in [9.17, 15) is 4.79 Å². The summed E-state index contributed by atoms with van der Waals surface area (Å²) in [5, 5.41) is 11.6. The van der Waals surface area contributed by atoms with E-state index in [1.165, 1.54) is 24.2 Å². The van der Waals surface area contributed by atoms with Crippen LogP contribution in [0.4, 0.5) is 0 Å². The van der Waals surface area contributed by atoms with E-state index < -0.39 is 0 Å². The van der Waals surface area contributed by atoms with Crippen molar-refractivity contribution in [3.8, 4) is 11.8 Å². The van der Waals surface area contributed by atoms with E-state index in [2.05, 4.69) is 24.1 Å². The zero-order chi connectivity index (χ0) is 13.2. The maximum absolute atomic E-state index is 12.0. The molecule has 1 aromatic rings. The Hall–Kier alpha value is -1.31. The van der Waals surface area contributed by atoms with Crippen LogP contribution in [0.5, 0.6) is 0 Å². The highest BCUT2D eigenvalue weighted by molar-refractivity contribution is 7.14. The molecule has 1 fully saturated rings. The molecule has 2 N–H and O–H groups in total. The molecule has 1 aliphatic carbocycles. The normalized spacial score (nSPS) is 15.7. The average molecular weight is 263 g/mol. The fourth-order valence-electron chi connectivity index (χ4n) is 1.61. The van der Waals surface area contributed by atoms with Crippen molar-refractivity contribution in [2.24, 2.45) is 5.41 Å². The summed E-state index contributed by atoms with van der Waals surface area (Å²) < 4.78 is 0. The van der Waals surface area contributed by atoms with Crippen LogP contribution < -0.4 is 5.32 Å². The number of amides is 1. The van der Waals surface area contributed by atoms with Crippen molar-refractivity contribution in [1.82, 2.24) is 5.32 Å². The van der Waals surface area contributed by atoms with Gasteiger partial charge in [-0.15, -0.1) is 11.3 Å². The lowest BCUT2D eigenvalue weighted by Gasteiger charge is -2.08. The van der Waals surface area contributed by atoms with Gasteiger partial charge in [-0.3, -0.25) is 4.79 Å². The minimum Gasteiger partial charge on any atom is -0.384 e. The van der Waals surface area contributed by atoms with E-state index in [1.54, 1.807) is 0 Å². The van der Waals surface area contributed by atoms with Crippen LogP contribution in [-0.2, 0) is 0 Å². The first kappa shape index (κ1) is 13.1. The van der Waals surface area contributed by atoms with E-state index in [1.807, 2.05) is 13.0 Å². The van der Waals surface area contributed by atoms with Gasteiger partial charge in [0.1, 0.15) is 6.61 Å². The van der Waals surface area contributed by atoms with Crippen LogP contribution in [-0.4, -0.2) is 24.2 Å². The fourth-order valence-corrected chi connectivity index (χ4v) is 2.57. The molecule has 96 valence electrons. The number of carbonyl (C=O) groups is 1. The summed E-state index contributed by atoms with van der Waals surface area (Å²) in [6.07, 6.45) is 2.40. The Morgan fingerprint density at radius 2 is 2.33 bits per heavy atom. The molecule has 0 spiro atoms. The van der Waals surface area contributed by atoms with Gasteiger partial charge in [0.25, 0.3) is 5.91 Å². The molecule has 2 rings (SSSR count). The Morgan fingerprint density at radius 1 is 1.61 bits per heavy atom. The molecule has 1 heterocycles. The van der Waals surface area contributed by atoms with Gasteiger partial charge in [0.2, 0.25) is 0 Å². The Bertz CT molecular complexity index is 518. The molecule has 18 heavy (non-hydrogen) atoms. The van der Waals surface area contributed by atoms with Crippen LogP contribution in [0.3, 0.4) is 0 Å². The molecular weight excluding hydrogens is 246 g/mol. The molecule has 1 amide bonds. The highest BCUT2D eigenvalue weighted by Crippen LogP contribution is 2.44. The molecular formula is C14H17NO2S. The van der Waals surface area contributed by atoms with Crippen molar-refractivity contribution in [2.45, 2.75) is 26.7 Å². The molecule has 1 aliphatic rings. The van der Waals surface area contributed by atoms with Crippen molar-refractivity contribution in [2.75, 3.05) is 13.2 Å². The molecule has 0 bridgehead atoms. The summed E-state index contributed by atoms with van der Waals surface area (Å²) in [6.45, 7) is 4.71. The van der Waals surface area contributed by atoms with Gasteiger partial charge in [-0.25, -0.2) is 0 Å². The summed E-state index contributed by atoms with van der Waals surface area (Å²) in [5.74, 6) is 5.45. The lowest BCUT2D eigenvalue weighted by Crippen LogP contribution is -2.28. The van der Waals surface area contributed by atoms with E-state index in [4.69, 9.17) is 5.11 Å². The molecule has 0 aliphatic heterocycles. The van der Waals surface area contributed by atoms with Crippen LogP contribution in [0.2, 0.25) is 0 Å². The number of nitrogens with one attached hydrogen (secondary N) is 1. The van der Waals surface area contributed by atoms with Gasteiger partial charge in [-0.1, -0.05) is 18.8 Å². The topological polar surface area (TPSA) is 49.3 Å². The quantitative estimate of drug-likeness (QED) is 0.819. The SMILES string of the molecule is Cc1cc(C(=O)NCC2(C)CC2)sc1C#CCO. The largest absolute Gasteiger partial charge is 0.384 e. The molecule has 1 aromatic heterocycles. The summed E-state index contributed by atoms with van der Waals surface area (Å²) in [5.41, 5.74) is 1.31. The number of aryl methyl sites for hydroxylation is 1. The standard InChI is InChI=1S/C14H17NO2S/c1-10-8-12(18-11(10)4-3-7-16)13(17)15-9-14(2)5-6-14/h8,16H,5-7,9H2,1-2H3,(H,15,17). The van der Waals surface area contributed by atoms with Gasteiger partial charge in [0.05, 0.1) is 9.75 Å². The Balaban J connectivity index is 2.01. The van der Waals surface area contributed by atoms with Gasteiger partial charge < -0.3 is 10.4 Å². The zero-order valence-electron chi connectivity index (χ0n) is 10.7. The maximum atomic E-state index is 12.0. The zero-order valence-corrected chi connectivity index (χ0v) is 11.5. The van der Waals surface area contributed by atoms with Crippen LogP contribution >= 0.6 is 11.3 Å².